The number of hydrogen-bond donors (Lipinski definition) is 1. The summed E-state index contributed by atoms with van der Waals surface area (Å²) in [5, 5.41) is 3.70. The number of rotatable bonds is 8. The van der Waals surface area contributed by atoms with Crippen molar-refractivity contribution >= 4 is 28.5 Å². The highest BCUT2D eigenvalue weighted by Gasteiger charge is 2.13. The van der Waals surface area contributed by atoms with Gasteiger partial charge in [0, 0.05) is 17.8 Å². The number of pyridine rings is 1. The van der Waals surface area contributed by atoms with E-state index in [1.807, 2.05) is 50.2 Å². The number of hydrogen-bond acceptors (Lipinski definition) is 4. The van der Waals surface area contributed by atoms with E-state index in [1.165, 1.54) is 0 Å². The summed E-state index contributed by atoms with van der Waals surface area (Å²) in [6.07, 6.45) is 2.40. The van der Waals surface area contributed by atoms with Crippen molar-refractivity contribution in [1.29, 1.82) is 0 Å². The van der Waals surface area contributed by atoms with Crippen LogP contribution >= 0.6 is 11.6 Å². The van der Waals surface area contributed by atoms with Gasteiger partial charge in [0.25, 0.3) is 5.91 Å². The van der Waals surface area contributed by atoms with Crippen LogP contribution in [-0.2, 0) is 13.1 Å². The first-order chi connectivity index (χ1) is 15.5. The van der Waals surface area contributed by atoms with E-state index >= 15 is 0 Å². The highest BCUT2D eigenvalue weighted by molar-refractivity contribution is 6.32. The highest BCUT2D eigenvalue weighted by atomic mass is 35.5. The average molecular weight is 449 g/mol. The quantitative estimate of drug-likeness (QED) is 0.381. The van der Waals surface area contributed by atoms with Gasteiger partial charge in [-0.1, -0.05) is 29.8 Å². The van der Waals surface area contributed by atoms with Crippen LogP contribution in [0.15, 0.2) is 60.8 Å². The Morgan fingerprint density at radius 1 is 1.09 bits per heavy atom. The number of benzene rings is 2. The normalized spacial score (nSPS) is 11.0. The predicted octanol–water partition coefficient (Wildman–Crippen LogP) is 5.10. The highest BCUT2D eigenvalue weighted by Crippen LogP contribution is 2.26. The maximum absolute atomic E-state index is 12.4. The molecule has 164 valence electrons. The van der Waals surface area contributed by atoms with Crippen LogP contribution in [0.1, 0.15) is 33.9 Å². The molecule has 1 N–H and O–H groups in total. The van der Waals surface area contributed by atoms with Gasteiger partial charge in [-0.3, -0.25) is 9.78 Å². The third-order valence-corrected chi connectivity index (χ3v) is 5.84. The monoisotopic (exact) mass is 448 g/mol. The molecule has 0 aliphatic carbocycles. The lowest BCUT2D eigenvalue weighted by Gasteiger charge is -2.12. The second-order valence-electron chi connectivity index (χ2n) is 7.64. The molecule has 0 atom stereocenters. The molecule has 2 aromatic heterocycles. The van der Waals surface area contributed by atoms with Gasteiger partial charge < -0.3 is 14.6 Å². The van der Waals surface area contributed by atoms with Crippen molar-refractivity contribution in [2.24, 2.45) is 0 Å². The van der Waals surface area contributed by atoms with Gasteiger partial charge in [-0.15, -0.1) is 0 Å². The van der Waals surface area contributed by atoms with Crippen LogP contribution < -0.4 is 10.1 Å². The van der Waals surface area contributed by atoms with Crippen molar-refractivity contribution in [3.63, 3.8) is 0 Å². The molecular formula is C25H25ClN4O2. The molecule has 0 radical (unpaired) electrons. The first-order valence-corrected chi connectivity index (χ1v) is 10.9. The Labute approximate surface area is 192 Å². The van der Waals surface area contributed by atoms with Crippen molar-refractivity contribution in [3.8, 4) is 5.75 Å². The fourth-order valence-corrected chi connectivity index (χ4v) is 3.77. The number of carbonyl (C=O) groups excluding carboxylic acids is 1. The fraction of sp³-hybridized carbons (Fsp3) is 0.240. The number of aromatic nitrogens is 3. The van der Waals surface area contributed by atoms with E-state index in [-0.39, 0.29) is 5.91 Å². The largest absolute Gasteiger partial charge is 0.494 e. The van der Waals surface area contributed by atoms with E-state index in [9.17, 15) is 4.79 Å². The number of nitrogens with one attached hydrogen (secondary N) is 1. The van der Waals surface area contributed by atoms with Crippen molar-refractivity contribution in [1.82, 2.24) is 19.9 Å². The Bertz CT molecular complexity index is 1210. The number of aryl methyl sites for hydroxylation is 3. The molecule has 0 spiro atoms. The standard InChI is InChI=1S/C25H25ClN4O2/c1-17-14-19(15-18(2)24(17)26)32-13-7-12-30-22-10-4-3-8-20(22)29-23(30)16-28-25(31)21-9-5-6-11-27-21/h3-6,8-11,14-15H,7,12-13,16H2,1-2H3,(H,28,31). The Balaban J connectivity index is 1.43. The van der Waals surface area contributed by atoms with Crippen LogP contribution in [0, 0.1) is 13.8 Å². The lowest BCUT2D eigenvalue weighted by atomic mass is 10.1. The smallest absolute Gasteiger partial charge is 0.270 e. The molecule has 6 nitrogen and oxygen atoms in total. The molecule has 7 heteroatoms. The number of halogens is 1. The minimum atomic E-state index is -0.221. The van der Waals surface area contributed by atoms with Gasteiger partial charge in [0.05, 0.1) is 24.2 Å². The zero-order valence-electron chi connectivity index (χ0n) is 18.1. The lowest BCUT2D eigenvalue weighted by Crippen LogP contribution is -2.25. The molecule has 4 aromatic rings. The van der Waals surface area contributed by atoms with Gasteiger partial charge >= 0.3 is 0 Å². The van der Waals surface area contributed by atoms with E-state index in [1.54, 1.807) is 24.4 Å². The molecular weight excluding hydrogens is 424 g/mol. The summed E-state index contributed by atoms with van der Waals surface area (Å²) in [5.74, 6) is 1.40. The zero-order valence-corrected chi connectivity index (χ0v) is 18.9. The minimum Gasteiger partial charge on any atom is -0.494 e. The molecule has 32 heavy (non-hydrogen) atoms. The van der Waals surface area contributed by atoms with Gasteiger partial charge in [-0.25, -0.2) is 4.98 Å². The van der Waals surface area contributed by atoms with E-state index in [4.69, 9.17) is 21.3 Å². The molecule has 2 aromatic carbocycles. The average Bonchev–Trinajstić information content (AvgIpc) is 3.16. The molecule has 0 saturated carbocycles. The third-order valence-electron chi connectivity index (χ3n) is 5.24. The van der Waals surface area contributed by atoms with Crippen LogP contribution in [0.2, 0.25) is 5.02 Å². The van der Waals surface area contributed by atoms with Gasteiger partial charge in [0.15, 0.2) is 0 Å². The number of imidazole rings is 1. The van der Waals surface area contributed by atoms with Crippen LogP contribution in [-0.4, -0.2) is 27.0 Å². The predicted molar refractivity (Wildman–Crippen MR) is 126 cm³/mol. The number of nitrogens with zero attached hydrogens (tertiary/aromatic N) is 3. The summed E-state index contributed by atoms with van der Waals surface area (Å²) in [6.45, 7) is 5.56. The number of carbonyl (C=O) groups is 1. The number of amides is 1. The third kappa shape index (κ3) is 4.92. The van der Waals surface area contributed by atoms with Crippen LogP contribution in [0.4, 0.5) is 0 Å². The molecule has 0 bridgehead atoms. The molecule has 0 unspecified atom stereocenters. The molecule has 0 fully saturated rings. The Morgan fingerprint density at radius 2 is 1.84 bits per heavy atom. The maximum Gasteiger partial charge on any atom is 0.270 e. The lowest BCUT2D eigenvalue weighted by molar-refractivity contribution is 0.0944. The summed E-state index contributed by atoms with van der Waals surface area (Å²) in [4.78, 5) is 21.2. The molecule has 4 rings (SSSR count). The molecule has 0 aliphatic rings. The van der Waals surface area contributed by atoms with Crippen molar-refractivity contribution in [2.75, 3.05) is 6.61 Å². The van der Waals surface area contributed by atoms with Crippen molar-refractivity contribution < 1.29 is 9.53 Å². The number of fused-ring (bicyclic) bond motifs is 1. The summed E-state index contributed by atoms with van der Waals surface area (Å²) < 4.78 is 8.09. The maximum atomic E-state index is 12.4. The first-order valence-electron chi connectivity index (χ1n) is 10.6. The Kier molecular flexibility index (Phi) is 6.71. The van der Waals surface area contributed by atoms with Gasteiger partial charge in [-0.05, 0) is 67.8 Å². The second kappa shape index (κ2) is 9.83. The van der Waals surface area contributed by atoms with Gasteiger partial charge in [0.2, 0.25) is 0 Å². The van der Waals surface area contributed by atoms with Gasteiger partial charge in [-0.2, -0.15) is 0 Å². The topological polar surface area (TPSA) is 69.0 Å². The molecule has 0 saturated heterocycles. The summed E-state index contributed by atoms with van der Waals surface area (Å²) in [5.41, 5.74) is 4.34. The van der Waals surface area contributed by atoms with Crippen LogP contribution in [0.25, 0.3) is 11.0 Å². The summed E-state index contributed by atoms with van der Waals surface area (Å²) >= 11 is 6.24. The molecule has 2 heterocycles. The van der Waals surface area contributed by atoms with E-state index in [0.29, 0.717) is 18.8 Å². The van der Waals surface area contributed by atoms with Crippen LogP contribution in [0.5, 0.6) is 5.75 Å². The van der Waals surface area contributed by atoms with Crippen LogP contribution in [0.3, 0.4) is 0 Å². The first kappa shape index (κ1) is 21.8. The van der Waals surface area contributed by atoms with Crippen molar-refractivity contribution in [3.05, 3.63) is 88.5 Å². The zero-order chi connectivity index (χ0) is 22.5. The molecule has 1 amide bonds. The van der Waals surface area contributed by atoms with E-state index < -0.39 is 0 Å². The minimum absolute atomic E-state index is 0.221. The van der Waals surface area contributed by atoms with Crippen molar-refractivity contribution in [2.45, 2.75) is 33.4 Å². The van der Waals surface area contributed by atoms with E-state index in [2.05, 4.69) is 14.9 Å². The summed E-state index contributed by atoms with van der Waals surface area (Å²) in [6, 6.07) is 17.2. The van der Waals surface area contributed by atoms with E-state index in [0.717, 1.165) is 51.7 Å². The molecule has 0 aliphatic heterocycles. The summed E-state index contributed by atoms with van der Waals surface area (Å²) in [7, 11) is 0. The Morgan fingerprint density at radius 3 is 2.59 bits per heavy atom. The second-order valence-corrected chi connectivity index (χ2v) is 8.02. The SMILES string of the molecule is Cc1cc(OCCCn2c(CNC(=O)c3ccccn3)nc3ccccc32)cc(C)c1Cl. The van der Waals surface area contributed by atoms with Gasteiger partial charge in [0.1, 0.15) is 17.3 Å². The Hall–Kier alpha value is -3.38. The fourth-order valence-electron chi connectivity index (χ4n) is 3.66. The number of para-hydroxylation sites is 2. The number of ether oxygens (including phenoxy) is 1.